The van der Waals surface area contributed by atoms with Crippen molar-refractivity contribution in [1.82, 2.24) is 9.78 Å². The number of carbonyl (C=O) groups excluding carboxylic acids is 1. The molecule has 16 heavy (non-hydrogen) atoms. The molecule has 0 spiro atoms. The fourth-order valence-electron chi connectivity index (χ4n) is 1.42. The lowest BCUT2D eigenvalue weighted by Crippen LogP contribution is -1.96. The minimum absolute atomic E-state index is 0.339. The van der Waals surface area contributed by atoms with Gasteiger partial charge in [-0.2, -0.15) is 5.10 Å². The average molecular weight is 300 g/mol. The van der Waals surface area contributed by atoms with Crippen molar-refractivity contribution in [3.05, 3.63) is 45.1 Å². The molecule has 0 atom stereocenters. The van der Waals surface area contributed by atoms with E-state index in [-0.39, 0.29) is 0 Å². The first-order valence-electron chi connectivity index (χ1n) is 4.59. The molecule has 0 aliphatic rings. The van der Waals surface area contributed by atoms with Crippen LogP contribution in [-0.2, 0) is 0 Å². The van der Waals surface area contributed by atoms with Crippen LogP contribution in [0.15, 0.2) is 28.7 Å². The molecular weight excluding hydrogens is 291 g/mol. The first-order chi connectivity index (χ1) is 7.63. The van der Waals surface area contributed by atoms with Crippen molar-refractivity contribution in [1.29, 1.82) is 0 Å². The standard InChI is InChI=1S/C11H8BrClN2O/c1-7-10(6-16)11(13)15(14-7)9-4-2-3-8(12)5-9/h2-6H,1H3. The maximum Gasteiger partial charge on any atom is 0.155 e. The molecule has 2 rings (SSSR count). The van der Waals surface area contributed by atoms with E-state index in [0.29, 0.717) is 16.4 Å². The molecule has 0 amide bonds. The van der Waals surface area contributed by atoms with Crippen molar-refractivity contribution < 1.29 is 4.79 Å². The Hall–Kier alpha value is -1.13. The summed E-state index contributed by atoms with van der Waals surface area (Å²) in [5.74, 6) is 0. The van der Waals surface area contributed by atoms with Crippen molar-refractivity contribution in [2.75, 3.05) is 0 Å². The molecule has 0 radical (unpaired) electrons. The van der Waals surface area contributed by atoms with Crippen LogP contribution in [0.4, 0.5) is 0 Å². The molecule has 0 aliphatic heterocycles. The van der Waals surface area contributed by atoms with Gasteiger partial charge in [0.15, 0.2) is 6.29 Å². The topological polar surface area (TPSA) is 34.9 Å². The number of benzene rings is 1. The van der Waals surface area contributed by atoms with Crippen molar-refractivity contribution in [3.63, 3.8) is 0 Å². The molecule has 0 saturated heterocycles. The van der Waals surface area contributed by atoms with E-state index in [4.69, 9.17) is 11.6 Å². The van der Waals surface area contributed by atoms with E-state index in [2.05, 4.69) is 21.0 Å². The smallest absolute Gasteiger partial charge is 0.155 e. The highest BCUT2D eigenvalue weighted by Crippen LogP contribution is 2.23. The summed E-state index contributed by atoms with van der Waals surface area (Å²) in [6, 6.07) is 7.55. The molecule has 5 heteroatoms. The van der Waals surface area contributed by atoms with Crippen LogP contribution in [0.3, 0.4) is 0 Å². The Morgan fingerprint density at radius 3 is 2.81 bits per heavy atom. The fourth-order valence-corrected chi connectivity index (χ4v) is 2.13. The molecule has 1 aromatic heterocycles. The zero-order chi connectivity index (χ0) is 11.7. The maximum absolute atomic E-state index is 10.8. The van der Waals surface area contributed by atoms with Gasteiger partial charge in [0.1, 0.15) is 5.15 Å². The Labute approximate surface area is 106 Å². The highest BCUT2D eigenvalue weighted by Gasteiger charge is 2.13. The van der Waals surface area contributed by atoms with Crippen LogP contribution in [0.5, 0.6) is 0 Å². The fraction of sp³-hybridized carbons (Fsp3) is 0.0909. The number of aldehydes is 1. The van der Waals surface area contributed by atoms with E-state index in [1.165, 1.54) is 0 Å². The van der Waals surface area contributed by atoms with E-state index in [1.54, 1.807) is 11.6 Å². The van der Waals surface area contributed by atoms with E-state index < -0.39 is 0 Å². The maximum atomic E-state index is 10.8. The quantitative estimate of drug-likeness (QED) is 0.797. The number of carbonyl (C=O) groups is 1. The summed E-state index contributed by atoms with van der Waals surface area (Å²) in [5.41, 5.74) is 1.87. The molecule has 0 bridgehead atoms. The lowest BCUT2D eigenvalue weighted by Gasteiger charge is -2.03. The average Bonchev–Trinajstić information content (AvgIpc) is 2.54. The zero-order valence-corrected chi connectivity index (χ0v) is 10.8. The number of aryl methyl sites for hydroxylation is 1. The van der Waals surface area contributed by atoms with Crippen LogP contribution in [0.2, 0.25) is 5.15 Å². The van der Waals surface area contributed by atoms with Crippen molar-refractivity contribution in [3.8, 4) is 5.69 Å². The summed E-state index contributed by atoms with van der Waals surface area (Å²) in [4.78, 5) is 10.8. The van der Waals surface area contributed by atoms with Crippen LogP contribution < -0.4 is 0 Å². The molecule has 3 nitrogen and oxygen atoms in total. The van der Waals surface area contributed by atoms with Crippen molar-refractivity contribution in [2.45, 2.75) is 6.92 Å². The summed E-state index contributed by atoms with van der Waals surface area (Å²) in [6.45, 7) is 1.75. The van der Waals surface area contributed by atoms with Gasteiger partial charge in [0.25, 0.3) is 0 Å². The Balaban J connectivity index is 2.61. The monoisotopic (exact) mass is 298 g/mol. The van der Waals surface area contributed by atoms with Gasteiger partial charge in [0, 0.05) is 4.47 Å². The summed E-state index contributed by atoms with van der Waals surface area (Å²) >= 11 is 9.44. The minimum Gasteiger partial charge on any atom is -0.298 e. The van der Waals surface area contributed by atoms with E-state index in [1.807, 2.05) is 24.3 Å². The van der Waals surface area contributed by atoms with Gasteiger partial charge in [-0.15, -0.1) is 0 Å². The van der Waals surface area contributed by atoms with E-state index in [9.17, 15) is 4.79 Å². The molecule has 0 aliphatic carbocycles. The predicted octanol–water partition coefficient (Wildman–Crippen LogP) is 3.41. The molecule has 0 N–H and O–H groups in total. The Morgan fingerprint density at radius 1 is 1.50 bits per heavy atom. The first-order valence-corrected chi connectivity index (χ1v) is 5.77. The second-order valence-electron chi connectivity index (χ2n) is 3.30. The largest absolute Gasteiger partial charge is 0.298 e. The van der Waals surface area contributed by atoms with Crippen LogP contribution in [0, 0.1) is 6.92 Å². The van der Waals surface area contributed by atoms with Gasteiger partial charge in [-0.05, 0) is 25.1 Å². The normalized spacial score (nSPS) is 10.4. The molecule has 1 aromatic carbocycles. The second kappa shape index (κ2) is 4.39. The number of hydrogen-bond acceptors (Lipinski definition) is 2. The first kappa shape index (κ1) is 11.4. The van der Waals surface area contributed by atoms with Crippen LogP contribution in [-0.4, -0.2) is 16.1 Å². The predicted molar refractivity (Wildman–Crippen MR) is 66.4 cm³/mol. The van der Waals surface area contributed by atoms with Crippen LogP contribution >= 0.6 is 27.5 Å². The summed E-state index contributed by atoms with van der Waals surface area (Å²) in [7, 11) is 0. The van der Waals surface area contributed by atoms with Gasteiger partial charge in [0.05, 0.1) is 16.9 Å². The lowest BCUT2D eigenvalue weighted by molar-refractivity contribution is 0.112. The van der Waals surface area contributed by atoms with Crippen molar-refractivity contribution in [2.24, 2.45) is 0 Å². The van der Waals surface area contributed by atoms with Gasteiger partial charge in [0.2, 0.25) is 0 Å². The van der Waals surface area contributed by atoms with Gasteiger partial charge in [-0.3, -0.25) is 4.79 Å². The molecule has 0 saturated carbocycles. The van der Waals surface area contributed by atoms with Gasteiger partial charge in [-0.1, -0.05) is 33.6 Å². The van der Waals surface area contributed by atoms with Gasteiger partial charge < -0.3 is 0 Å². The number of aromatic nitrogens is 2. The van der Waals surface area contributed by atoms with Crippen LogP contribution in [0.1, 0.15) is 16.1 Å². The second-order valence-corrected chi connectivity index (χ2v) is 4.57. The highest BCUT2D eigenvalue weighted by atomic mass is 79.9. The summed E-state index contributed by atoms with van der Waals surface area (Å²) in [6.07, 6.45) is 0.721. The van der Waals surface area contributed by atoms with Gasteiger partial charge >= 0.3 is 0 Å². The molecule has 1 heterocycles. The third-order valence-corrected chi connectivity index (χ3v) is 3.08. The lowest BCUT2D eigenvalue weighted by atomic mass is 10.3. The molecule has 2 aromatic rings. The Bertz CT molecular complexity index is 551. The Kier molecular flexibility index (Phi) is 3.12. The van der Waals surface area contributed by atoms with E-state index in [0.717, 1.165) is 16.4 Å². The number of nitrogens with zero attached hydrogens (tertiary/aromatic N) is 2. The highest BCUT2D eigenvalue weighted by molar-refractivity contribution is 9.10. The minimum atomic E-state index is 0.339. The van der Waals surface area contributed by atoms with Gasteiger partial charge in [-0.25, -0.2) is 4.68 Å². The Morgan fingerprint density at radius 2 is 2.25 bits per heavy atom. The molecular formula is C11H8BrClN2O. The summed E-state index contributed by atoms with van der Waals surface area (Å²) < 4.78 is 2.48. The van der Waals surface area contributed by atoms with E-state index >= 15 is 0 Å². The molecule has 0 fully saturated rings. The number of halogens is 2. The molecule has 0 unspecified atom stereocenters. The zero-order valence-electron chi connectivity index (χ0n) is 8.45. The number of hydrogen-bond donors (Lipinski definition) is 0. The number of rotatable bonds is 2. The third kappa shape index (κ3) is 1.90. The SMILES string of the molecule is Cc1nn(-c2cccc(Br)c2)c(Cl)c1C=O. The van der Waals surface area contributed by atoms with Crippen molar-refractivity contribution >= 4 is 33.8 Å². The molecule has 82 valence electrons. The summed E-state index contributed by atoms with van der Waals surface area (Å²) in [5, 5.41) is 4.56. The third-order valence-electron chi connectivity index (χ3n) is 2.22. The van der Waals surface area contributed by atoms with Crippen LogP contribution in [0.25, 0.3) is 5.69 Å².